The predicted octanol–water partition coefficient (Wildman–Crippen LogP) is 2.90. The fraction of sp³-hybridized carbons (Fsp3) is 0.524. The van der Waals surface area contributed by atoms with Crippen molar-refractivity contribution in [1.29, 1.82) is 0 Å². The molecular formula is C21H28ClN3O2. The smallest absolute Gasteiger partial charge is 0.247 e. The normalized spacial score (nSPS) is 21.4. The molecule has 1 aromatic carbocycles. The zero-order chi connectivity index (χ0) is 19.2. The first kappa shape index (κ1) is 19.9. The number of hydrogen-bond acceptors (Lipinski definition) is 3. The number of rotatable bonds is 6. The molecule has 2 saturated heterocycles. The van der Waals surface area contributed by atoms with Gasteiger partial charge in [-0.1, -0.05) is 23.7 Å². The van der Waals surface area contributed by atoms with Crippen molar-refractivity contribution in [2.75, 3.05) is 39.3 Å². The van der Waals surface area contributed by atoms with Crippen LogP contribution in [0.5, 0.6) is 0 Å². The Balaban J connectivity index is 1.50. The van der Waals surface area contributed by atoms with Gasteiger partial charge in [0.15, 0.2) is 0 Å². The number of benzene rings is 1. The Kier molecular flexibility index (Phi) is 6.91. The highest BCUT2D eigenvalue weighted by molar-refractivity contribution is 6.30. The van der Waals surface area contributed by atoms with E-state index in [0.29, 0.717) is 18.1 Å². The van der Waals surface area contributed by atoms with Crippen molar-refractivity contribution in [3.05, 3.63) is 40.9 Å². The lowest BCUT2D eigenvalue weighted by Gasteiger charge is -2.39. The van der Waals surface area contributed by atoms with Crippen LogP contribution in [0.4, 0.5) is 0 Å². The van der Waals surface area contributed by atoms with Gasteiger partial charge in [-0.25, -0.2) is 0 Å². The van der Waals surface area contributed by atoms with E-state index in [4.69, 9.17) is 11.6 Å². The second kappa shape index (κ2) is 9.38. The Bertz CT molecular complexity index is 700. The maximum Gasteiger partial charge on any atom is 0.247 e. The van der Waals surface area contributed by atoms with E-state index in [1.807, 2.05) is 24.0 Å². The third-order valence-electron chi connectivity index (χ3n) is 5.40. The topological polar surface area (TPSA) is 43.9 Å². The fourth-order valence-electron chi connectivity index (χ4n) is 3.82. The molecule has 6 heteroatoms. The Hall–Kier alpha value is -1.85. The minimum Gasteiger partial charge on any atom is -0.339 e. The summed E-state index contributed by atoms with van der Waals surface area (Å²) in [5, 5.41) is 0.635. The molecule has 0 saturated carbocycles. The average molecular weight is 390 g/mol. The highest BCUT2D eigenvalue weighted by Gasteiger charge is 2.33. The van der Waals surface area contributed by atoms with Crippen LogP contribution in [0.15, 0.2) is 30.3 Å². The van der Waals surface area contributed by atoms with Gasteiger partial charge < -0.3 is 14.7 Å². The first-order valence-corrected chi connectivity index (χ1v) is 10.2. The molecule has 2 amide bonds. The number of likely N-dealkylation sites (tertiary alicyclic amines) is 1. The van der Waals surface area contributed by atoms with Gasteiger partial charge in [0, 0.05) is 30.7 Å². The molecule has 0 aliphatic carbocycles. The molecule has 1 aromatic rings. The predicted molar refractivity (Wildman–Crippen MR) is 109 cm³/mol. The van der Waals surface area contributed by atoms with E-state index in [2.05, 4.69) is 4.90 Å². The summed E-state index contributed by atoms with van der Waals surface area (Å²) in [4.78, 5) is 31.2. The van der Waals surface area contributed by atoms with Gasteiger partial charge in [-0.2, -0.15) is 0 Å². The Morgan fingerprint density at radius 1 is 1.19 bits per heavy atom. The van der Waals surface area contributed by atoms with Crippen LogP contribution in [0.3, 0.4) is 0 Å². The van der Waals surface area contributed by atoms with Crippen LogP contribution in [-0.4, -0.2) is 71.8 Å². The number of halogens is 1. The third-order valence-corrected chi connectivity index (χ3v) is 5.63. The maximum atomic E-state index is 12.7. The molecule has 5 nitrogen and oxygen atoms in total. The minimum absolute atomic E-state index is 0.0483. The van der Waals surface area contributed by atoms with Crippen molar-refractivity contribution in [1.82, 2.24) is 14.7 Å². The van der Waals surface area contributed by atoms with E-state index < -0.39 is 6.04 Å². The summed E-state index contributed by atoms with van der Waals surface area (Å²) in [6.45, 7) is 7.22. The van der Waals surface area contributed by atoms with E-state index in [0.717, 1.165) is 25.1 Å². The molecule has 0 N–H and O–H groups in total. The molecule has 1 unspecified atom stereocenters. The van der Waals surface area contributed by atoms with Gasteiger partial charge in [0.2, 0.25) is 11.8 Å². The van der Waals surface area contributed by atoms with Gasteiger partial charge in [-0.15, -0.1) is 0 Å². The molecule has 2 fully saturated rings. The molecule has 2 heterocycles. The largest absolute Gasteiger partial charge is 0.339 e. The SMILES string of the molecule is CC1C(=O)N(CCCN2CCCC2)CCN1C(=O)/C=C/c1cccc(Cl)c1. The van der Waals surface area contributed by atoms with Gasteiger partial charge in [-0.05, 0) is 69.6 Å². The highest BCUT2D eigenvalue weighted by Crippen LogP contribution is 2.15. The molecule has 146 valence electrons. The van der Waals surface area contributed by atoms with E-state index in [9.17, 15) is 9.59 Å². The van der Waals surface area contributed by atoms with Crippen LogP contribution >= 0.6 is 11.6 Å². The summed E-state index contributed by atoms with van der Waals surface area (Å²) in [6, 6.07) is 6.92. The summed E-state index contributed by atoms with van der Waals surface area (Å²) >= 11 is 5.97. The maximum absolute atomic E-state index is 12.7. The van der Waals surface area contributed by atoms with E-state index >= 15 is 0 Å². The summed E-state index contributed by atoms with van der Waals surface area (Å²) in [7, 11) is 0. The second-order valence-electron chi connectivity index (χ2n) is 7.32. The minimum atomic E-state index is -0.415. The van der Waals surface area contributed by atoms with E-state index in [1.54, 1.807) is 23.1 Å². The lowest BCUT2D eigenvalue weighted by Crippen LogP contribution is -2.57. The van der Waals surface area contributed by atoms with Crippen molar-refractivity contribution >= 4 is 29.5 Å². The molecule has 27 heavy (non-hydrogen) atoms. The van der Waals surface area contributed by atoms with Crippen LogP contribution in [0.1, 0.15) is 31.7 Å². The molecule has 0 radical (unpaired) electrons. The number of carbonyl (C=O) groups excluding carboxylic acids is 2. The van der Waals surface area contributed by atoms with Gasteiger partial charge in [0.1, 0.15) is 6.04 Å². The zero-order valence-corrected chi connectivity index (χ0v) is 16.7. The van der Waals surface area contributed by atoms with Gasteiger partial charge in [-0.3, -0.25) is 9.59 Å². The molecule has 0 aromatic heterocycles. The van der Waals surface area contributed by atoms with E-state index in [1.165, 1.54) is 32.0 Å². The standard InChI is InChI=1S/C21H28ClN3O2/c1-17-21(27)24(13-5-12-23-10-2-3-11-23)14-15-25(17)20(26)9-8-18-6-4-7-19(22)16-18/h4,6-9,16-17H,2-3,5,10-15H2,1H3/b9-8+. The van der Waals surface area contributed by atoms with Crippen LogP contribution in [0.2, 0.25) is 5.02 Å². The molecule has 0 bridgehead atoms. The quantitative estimate of drug-likeness (QED) is 0.703. The monoisotopic (exact) mass is 389 g/mol. The molecule has 2 aliphatic rings. The van der Waals surface area contributed by atoms with Crippen LogP contribution < -0.4 is 0 Å². The van der Waals surface area contributed by atoms with Crippen molar-refractivity contribution in [3.63, 3.8) is 0 Å². The second-order valence-corrected chi connectivity index (χ2v) is 7.76. The number of amides is 2. The third kappa shape index (κ3) is 5.33. The van der Waals surface area contributed by atoms with Gasteiger partial charge in [0.05, 0.1) is 0 Å². The van der Waals surface area contributed by atoms with Crippen LogP contribution in [0.25, 0.3) is 6.08 Å². The summed E-state index contributed by atoms with van der Waals surface area (Å²) < 4.78 is 0. The molecule has 2 aliphatic heterocycles. The van der Waals surface area contributed by atoms with Crippen molar-refractivity contribution in [2.24, 2.45) is 0 Å². The Morgan fingerprint density at radius 3 is 2.70 bits per heavy atom. The van der Waals surface area contributed by atoms with Gasteiger partial charge in [0.25, 0.3) is 0 Å². The van der Waals surface area contributed by atoms with Crippen LogP contribution in [0, 0.1) is 0 Å². The first-order valence-electron chi connectivity index (χ1n) is 9.80. The lowest BCUT2D eigenvalue weighted by molar-refractivity contribution is -0.148. The highest BCUT2D eigenvalue weighted by atomic mass is 35.5. The summed E-state index contributed by atoms with van der Waals surface area (Å²) in [5.41, 5.74) is 0.871. The summed E-state index contributed by atoms with van der Waals surface area (Å²) in [6.07, 6.45) is 6.85. The van der Waals surface area contributed by atoms with Crippen molar-refractivity contribution in [2.45, 2.75) is 32.2 Å². The number of nitrogens with zero attached hydrogens (tertiary/aromatic N) is 3. The summed E-state index contributed by atoms with van der Waals surface area (Å²) in [5.74, 6) is -0.0836. The zero-order valence-electron chi connectivity index (χ0n) is 15.9. The van der Waals surface area contributed by atoms with Crippen molar-refractivity contribution < 1.29 is 9.59 Å². The number of hydrogen-bond donors (Lipinski definition) is 0. The Labute approximate surface area is 166 Å². The lowest BCUT2D eigenvalue weighted by atomic mass is 10.1. The first-order chi connectivity index (χ1) is 13.0. The Morgan fingerprint density at radius 2 is 1.96 bits per heavy atom. The van der Waals surface area contributed by atoms with E-state index in [-0.39, 0.29) is 11.8 Å². The molecule has 3 rings (SSSR count). The molecule has 1 atom stereocenters. The van der Waals surface area contributed by atoms with Gasteiger partial charge >= 0.3 is 0 Å². The molecule has 0 spiro atoms. The fourth-order valence-corrected chi connectivity index (χ4v) is 4.02. The number of piperazine rings is 1. The number of carbonyl (C=O) groups is 2. The van der Waals surface area contributed by atoms with Crippen LogP contribution in [-0.2, 0) is 9.59 Å². The molecular weight excluding hydrogens is 362 g/mol. The van der Waals surface area contributed by atoms with Crippen molar-refractivity contribution in [3.8, 4) is 0 Å². The average Bonchev–Trinajstić information content (AvgIpc) is 3.17.